The summed E-state index contributed by atoms with van der Waals surface area (Å²) in [5, 5.41) is 8.92. The van der Waals surface area contributed by atoms with Gasteiger partial charge in [0.1, 0.15) is 5.82 Å². The molecule has 2 rings (SSSR count). The van der Waals surface area contributed by atoms with Crippen molar-refractivity contribution in [2.24, 2.45) is 0 Å². The van der Waals surface area contributed by atoms with Crippen molar-refractivity contribution >= 4 is 16.9 Å². The zero-order valence-electron chi connectivity index (χ0n) is 7.07. The summed E-state index contributed by atoms with van der Waals surface area (Å²) in [4.78, 5) is 14.5. The fourth-order valence-electron chi connectivity index (χ4n) is 1.25. The second kappa shape index (κ2) is 3.06. The van der Waals surface area contributed by atoms with Crippen LogP contribution < -0.4 is 0 Å². The lowest BCUT2D eigenvalue weighted by Crippen LogP contribution is -1.96. The number of aromatic carboxylic acids is 1. The molecule has 3 nitrogen and oxygen atoms in total. The van der Waals surface area contributed by atoms with Crippen molar-refractivity contribution in [2.75, 3.05) is 0 Å². The number of rotatable bonds is 1. The molecular formula is C10H6FNO2. The Hall–Kier alpha value is -1.97. The van der Waals surface area contributed by atoms with Crippen molar-refractivity contribution < 1.29 is 14.3 Å². The van der Waals surface area contributed by atoms with Crippen LogP contribution in [0.25, 0.3) is 10.9 Å². The van der Waals surface area contributed by atoms with Crippen LogP contribution >= 0.6 is 0 Å². The quantitative estimate of drug-likeness (QED) is 0.750. The first kappa shape index (κ1) is 8.62. The summed E-state index contributed by atoms with van der Waals surface area (Å²) < 4.78 is 13.2. The Morgan fingerprint density at radius 1 is 1.36 bits per heavy atom. The van der Waals surface area contributed by atoms with Crippen LogP contribution in [-0.4, -0.2) is 16.1 Å². The third-order valence-corrected chi connectivity index (χ3v) is 1.94. The van der Waals surface area contributed by atoms with Crippen LogP contribution in [0.4, 0.5) is 4.39 Å². The van der Waals surface area contributed by atoms with Crippen molar-refractivity contribution in [3.8, 4) is 0 Å². The summed E-state index contributed by atoms with van der Waals surface area (Å²) >= 11 is 0. The normalized spacial score (nSPS) is 10.4. The minimum Gasteiger partial charge on any atom is -0.478 e. The molecule has 14 heavy (non-hydrogen) atoms. The molecule has 1 heterocycles. The van der Waals surface area contributed by atoms with Crippen LogP contribution in [0, 0.1) is 5.82 Å². The smallest absolute Gasteiger partial charge is 0.335 e. The van der Waals surface area contributed by atoms with Gasteiger partial charge < -0.3 is 5.11 Å². The highest BCUT2D eigenvalue weighted by molar-refractivity contribution is 5.93. The Balaban J connectivity index is 2.76. The lowest BCUT2D eigenvalue weighted by Gasteiger charge is -1.99. The molecule has 4 heteroatoms. The maximum absolute atomic E-state index is 13.2. The number of aromatic nitrogens is 1. The molecule has 0 aliphatic carbocycles. The molecule has 0 saturated carbocycles. The van der Waals surface area contributed by atoms with E-state index in [1.165, 1.54) is 30.5 Å². The fourth-order valence-corrected chi connectivity index (χ4v) is 1.25. The summed E-state index contributed by atoms with van der Waals surface area (Å²) in [6, 6.07) is 5.37. The molecule has 0 fully saturated rings. The number of nitrogens with zero attached hydrogens (tertiary/aromatic N) is 1. The predicted octanol–water partition coefficient (Wildman–Crippen LogP) is 2.07. The van der Waals surface area contributed by atoms with E-state index >= 15 is 0 Å². The minimum atomic E-state index is -1.07. The van der Waals surface area contributed by atoms with E-state index in [0.29, 0.717) is 5.52 Å². The van der Waals surface area contributed by atoms with E-state index in [1.807, 2.05) is 0 Å². The molecule has 0 amide bonds. The second-order valence-corrected chi connectivity index (χ2v) is 2.83. The molecule has 1 aromatic carbocycles. The van der Waals surface area contributed by atoms with Crippen LogP contribution in [0.5, 0.6) is 0 Å². The number of hydrogen-bond acceptors (Lipinski definition) is 2. The first-order chi connectivity index (χ1) is 6.68. The van der Waals surface area contributed by atoms with Crippen molar-refractivity contribution in [1.82, 2.24) is 4.98 Å². The number of benzene rings is 1. The highest BCUT2D eigenvalue weighted by Crippen LogP contribution is 2.16. The molecule has 0 aliphatic heterocycles. The van der Waals surface area contributed by atoms with Gasteiger partial charge >= 0.3 is 5.97 Å². The second-order valence-electron chi connectivity index (χ2n) is 2.83. The van der Waals surface area contributed by atoms with Crippen LogP contribution in [0.3, 0.4) is 0 Å². The molecule has 2 aromatic rings. The average Bonchev–Trinajstić information content (AvgIpc) is 2.18. The number of pyridine rings is 1. The van der Waals surface area contributed by atoms with Crippen LogP contribution in [0.2, 0.25) is 0 Å². The summed E-state index contributed by atoms with van der Waals surface area (Å²) in [6.45, 7) is 0. The van der Waals surface area contributed by atoms with Gasteiger partial charge in [0.2, 0.25) is 0 Å². The SMILES string of the molecule is O=C(O)c1ccc2nccc(F)c2c1. The predicted molar refractivity (Wildman–Crippen MR) is 48.7 cm³/mol. The molecule has 0 unspecified atom stereocenters. The maximum Gasteiger partial charge on any atom is 0.335 e. The number of carboxylic acid groups (broad SMARTS) is 1. The minimum absolute atomic E-state index is 0.0596. The van der Waals surface area contributed by atoms with E-state index in [0.717, 1.165) is 0 Å². The highest BCUT2D eigenvalue weighted by Gasteiger charge is 2.06. The van der Waals surface area contributed by atoms with Gasteiger partial charge in [-0.15, -0.1) is 0 Å². The molecule has 0 radical (unpaired) electrons. The first-order valence-corrected chi connectivity index (χ1v) is 3.96. The van der Waals surface area contributed by atoms with E-state index in [4.69, 9.17) is 5.11 Å². The Bertz CT molecular complexity index is 510. The van der Waals surface area contributed by atoms with Crippen LogP contribution in [-0.2, 0) is 0 Å². The van der Waals surface area contributed by atoms with Gasteiger partial charge in [0.15, 0.2) is 0 Å². The van der Waals surface area contributed by atoms with Crippen molar-refractivity contribution in [3.05, 3.63) is 41.8 Å². The van der Waals surface area contributed by atoms with Crippen LogP contribution in [0.1, 0.15) is 10.4 Å². The largest absolute Gasteiger partial charge is 0.478 e. The molecule has 0 spiro atoms. The Morgan fingerprint density at radius 2 is 2.14 bits per heavy atom. The standard InChI is InChI=1S/C10H6FNO2/c11-8-3-4-12-9-2-1-6(10(13)14)5-7(8)9/h1-5H,(H,13,14). The molecule has 0 aliphatic rings. The van der Waals surface area contributed by atoms with Gasteiger partial charge in [-0.2, -0.15) is 0 Å². The number of fused-ring (bicyclic) bond motifs is 1. The first-order valence-electron chi connectivity index (χ1n) is 3.96. The third kappa shape index (κ3) is 1.31. The van der Waals surface area contributed by atoms with Gasteiger partial charge in [0, 0.05) is 11.6 Å². The lowest BCUT2D eigenvalue weighted by atomic mass is 10.1. The summed E-state index contributed by atoms with van der Waals surface area (Å²) in [5.41, 5.74) is 0.513. The summed E-state index contributed by atoms with van der Waals surface area (Å²) in [5.74, 6) is -1.53. The van der Waals surface area contributed by atoms with Gasteiger partial charge in [0.05, 0.1) is 11.1 Å². The molecule has 1 aromatic heterocycles. The van der Waals surface area contributed by atoms with Gasteiger partial charge in [-0.3, -0.25) is 4.98 Å². The zero-order valence-corrected chi connectivity index (χ0v) is 7.07. The highest BCUT2D eigenvalue weighted by atomic mass is 19.1. The third-order valence-electron chi connectivity index (χ3n) is 1.94. The number of hydrogen-bond donors (Lipinski definition) is 1. The Kier molecular flexibility index (Phi) is 1.89. The molecular weight excluding hydrogens is 185 g/mol. The fraction of sp³-hybridized carbons (Fsp3) is 0. The topological polar surface area (TPSA) is 50.2 Å². The maximum atomic E-state index is 13.2. The van der Waals surface area contributed by atoms with Crippen LogP contribution in [0.15, 0.2) is 30.5 Å². The lowest BCUT2D eigenvalue weighted by molar-refractivity contribution is 0.0697. The van der Waals surface area contributed by atoms with E-state index in [9.17, 15) is 9.18 Å². The van der Waals surface area contributed by atoms with Gasteiger partial charge in [0.25, 0.3) is 0 Å². The molecule has 0 bridgehead atoms. The summed E-state index contributed by atoms with van der Waals surface area (Å²) in [6.07, 6.45) is 1.35. The zero-order chi connectivity index (χ0) is 10.1. The van der Waals surface area contributed by atoms with Crippen molar-refractivity contribution in [3.63, 3.8) is 0 Å². The Morgan fingerprint density at radius 3 is 2.86 bits per heavy atom. The van der Waals surface area contributed by atoms with Crippen molar-refractivity contribution in [2.45, 2.75) is 0 Å². The monoisotopic (exact) mass is 191 g/mol. The van der Waals surface area contributed by atoms with E-state index in [-0.39, 0.29) is 10.9 Å². The number of carbonyl (C=O) groups is 1. The van der Waals surface area contributed by atoms with Gasteiger partial charge in [-0.05, 0) is 24.3 Å². The molecule has 0 saturated heterocycles. The van der Waals surface area contributed by atoms with Gasteiger partial charge in [-0.1, -0.05) is 0 Å². The number of carboxylic acids is 1. The van der Waals surface area contributed by atoms with E-state index < -0.39 is 11.8 Å². The molecule has 1 N–H and O–H groups in total. The van der Waals surface area contributed by atoms with Gasteiger partial charge in [-0.25, -0.2) is 9.18 Å². The van der Waals surface area contributed by atoms with E-state index in [2.05, 4.69) is 4.98 Å². The Labute approximate surface area is 78.8 Å². The summed E-state index contributed by atoms with van der Waals surface area (Å²) in [7, 11) is 0. The van der Waals surface area contributed by atoms with Crippen molar-refractivity contribution in [1.29, 1.82) is 0 Å². The average molecular weight is 191 g/mol. The number of halogens is 1. The van der Waals surface area contributed by atoms with E-state index in [1.54, 1.807) is 0 Å². The molecule has 0 atom stereocenters. The molecule has 70 valence electrons.